The number of hydrogen-bond acceptors (Lipinski definition) is 5. The second-order valence-electron chi connectivity index (χ2n) is 5.94. The highest BCUT2D eigenvalue weighted by Crippen LogP contribution is 2.23. The second-order valence-corrected chi connectivity index (χ2v) is 6.78. The minimum Gasteiger partial charge on any atom is -0.497 e. The van der Waals surface area contributed by atoms with Gasteiger partial charge in [-0.1, -0.05) is 29.3 Å². The van der Waals surface area contributed by atoms with Gasteiger partial charge in [0.25, 0.3) is 5.91 Å². The van der Waals surface area contributed by atoms with Crippen LogP contribution in [0.25, 0.3) is 0 Å². The van der Waals surface area contributed by atoms with Crippen molar-refractivity contribution in [3.05, 3.63) is 75.5 Å². The minimum absolute atomic E-state index is 0.227. The summed E-state index contributed by atoms with van der Waals surface area (Å²) >= 11 is 12.1. The van der Waals surface area contributed by atoms with Gasteiger partial charge < -0.3 is 9.47 Å². The third-order valence-corrected chi connectivity index (χ3v) is 4.61. The van der Waals surface area contributed by atoms with E-state index < -0.39 is 5.91 Å². The topological polar surface area (TPSA) is 77.7 Å². The van der Waals surface area contributed by atoms with Gasteiger partial charge >= 0.3 is 0 Å². The molecule has 150 valence electrons. The fourth-order valence-corrected chi connectivity index (χ4v) is 3.02. The smallest absolute Gasteiger partial charge is 0.291 e. The van der Waals surface area contributed by atoms with E-state index in [1.54, 1.807) is 61.5 Å². The SMILES string of the molecule is COc1ccc(OC)c(/C=N/NC(=O)c2ccn(Cc3ccc(Cl)cc3Cl)n2)c1. The molecule has 0 bridgehead atoms. The number of methoxy groups -OCH3 is 2. The number of amides is 1. The van der Waals surface area contributed by atoms with Crippen molar-refractivity contribution in [1.82, 2.24) is 15.2 Å². The Kier molecular flexibility index (Phi) is 6.74. The third-order valence-electron chi connectivity index (χ3n) is 4.03. The van der Waals surface area contributed by atoms with Crippen LogP contribution >= 0.6 is 23.2 Å². The lowest BCUT2D eigenvalue weighted by atomic mass is 10.2. The first-order valence-corrected chi connectivity index (χ1v) is 9.28. The van der Waals surface area contributed by atoms with Gasteiger partial charge in [-0.3, -0.25) is 9.48 Å². The van der Waals surface area contributed by atoms with Crippen LogP contribution in [0.1, 0.15) is 21.6 Å². The van der Waals surface area contributed by atoms with E-state index in [0.29, 0.717) is 33.7 Å². The van der Waals surface area contributed by atoms with Gasteiger partial charge in [-0.15, -0.1) is 0 Å². The number of ether oxygens (including phenoxy) is 2. The largest absolute Gasteiger partial charge is 0.497 e. The summed E-state index contributed by atoms with van der Waals surface area (Å²) in [5.74, 6) is 0.815. The van der Waals surface area contributed by atoms with Crippen molar-refractivity contribution in [1.29, 1.82) is 0 Å². The van der Waals surface area contributed by atoms with Gasteiger partial charge in [0.15, 0.2) is 5.69 Å². The lowest BCUT2D eigenvalue weighted by Gasteiger charge is -2.06. The molecule has 3 rings (SSSR count). The average Bonchev–Trinajstić information content (AvgIpc) is 3.18. The van der Waals surface area contributed by atoms with Crippen molar-refractivity contribution < 1.29 is 14.3 Å². The number of aromatic nitrogens is 2. The molecule has 2 aromatic carbocycles. The minimum atomic E-state index is -0.441. The average molecular weight is 433 g/mol. The lowest BCUT2D eigenvalue weighted by molar-refractivity contribution is 0.0949. The molecule has 0 unspecified atom stereocenters. The van der Waals surface area contributed by atoms with Crippen LogP contribution in [0, 0.1) is 0 Å². The molecule has 3 aromatic rings. The summed E-state index contributed by atoms with van der Waals surface area (Å²) < 4.78 is 12.1. The Labute approximate surface area is 177 Å². The summed E-state index contributed by atoms with van der Waals surface area (Å²) in [6, 6.07) is 12.1. The molecular formula is C20H18Cl2N4O3. The molecule has 0 radical (unpaired) electrons. The molecule has 1 N–H and O–H groups in total. The predicted molar refractivity (Wildman–Crippen MR) is 112 cm³/mol. The molecule has 9 heteroatoms. The van der Waals surface area contributed by atoms with Crippen molar-refractivity contribution in [2.24, 2.45) is 5.10 Å². The molecule has 7 nitrogen and oxygen atoms in total. The first-order chi connectivity index (χ1) is 14.0. The Balaban J connectivity index is 1.65. The summed E-state index contributed by atoms with van der Waals surface area (Å²) in [6.45, 7) is 0.410. The molecule has 1 heterocycles. The Bertz CT molecular complexity index is 1050. The molecule has 0 saturated carbocycles. The molecule has 1 aromatic heterocycles. The van der Waals surface area contributed by atoms with Gasteiger partial charge in [0.05, 0.1) is 27.0 Å². The normalized spacial score (nSPS) is 10.9. The quantitative estimate of drug-likeness (QED) is 0.451. The van der Waals surface area contributed by atoms with Crippen LogP contribution in [-0.2, 0) is 6.54 Å². The van der Waals surface area contributed by atoms with Crippen LogP contribution in [0.4, 0.5) is 0 Å². The van der Waals surface area contributed by atoms with E-state index in [-0.39, 0.29) is 5.69 Å². The number of nitrogens with zero attached hydrogens (tertiary/aromatic N) is 3. The molecular weight excluding hydrogens is 415 g/mol. The maximum Gasteiger partial charge on any atom is 0.291 e. The summed E-state index contributed by atoms with van der Waals surface area (Å²) in [5, 5.41) is 9.32. The van der Waals surface area contributed by atoms with E-state index >= 15 is 0 Å². The molecule has 0 aliphatic rings. The van der Waals surface area contributed by atoms with Crippen LogP contribution in [0.15, 0.2) is 53.8 Å². The van der Waals surface area contributed by atoms with Crippen molar-refractivity contribution in [2.75, 3.05) is 14.2 Å². The number of nitrogens with one attached hydrogen (secondary N) is 1. The van der Waals surface area contributed by atoms with Crippen molar-refractivity contribution in [2.45, 2.75) is 6.54 Å². The number of hydrogen-bond donors (Lipinski definition) is 1. The molecule has 29 heavy (non-hydrogen) atoms. The van der Waals surface area contributed by atoms with Gasteiger partial charge in [0.2, 0.25) is 0 Å². The van der Waals surface area contributed by atoms with E-state index in [1.807, 2.05) is 6.07 Å². The van der Waals surface area contributed by atoms with Gasteiger partial charge in [0.1, 0.15) is 11.5 Å². The third kappa shape index (κ3) is 5.28. The van der Waals surface area contributed by atoms with Crippen LogP contribution in [-0.4, -0.2) is 36.1 Å². The Morgan fingerprint density at radius 3 is 2.72 bits per heavy atom. The maximum absolute atomic E-state index is 12.3. The lowest BCUT2D eigenvalue weighted by Crippen LogP contribution is -2.18. The predicted octanol–water partition coefficient (Wildman–Crippen LogP) is 4.02. The number of halogens is 2. The highest BCUT2D eigenvalue weighted by atomic mass is 35.5. The van der Waals surface area contributed by atoms with Crippen molar-refractivity contribution in [3.63, 3.8) is 0 Å². The number of rotatable bonds is 7. The van der Waals surface area contributed by atoms with E-state index in [9.17, 15) is 4.79 Å². The summed E-state index contributed by atoms with van der Waals surface area (Å²) in [6.07, 6.45) is 3.17. The Hall–Kier alpha value is -3.03. The van der Waals surface area contributed by atoms with E-state index in [0.717, 1.165) is 5.56 Å². The van der Waals surface area contributed by atoms with Crippen molar-refractivity contribution in [3.8, 4) is 11.5 Å². The summed E-state index contributed by atoms with van der Waals surface area (Å²) in [7, 11) is 3.12. The Morgan fingerprint density at radius 2 is 2.00 bits per heavy atom. The number of benzene rings is 2. The van der Waals surface area contributed by atoms with E-state index in [1.165, 1.54) is 6.21 Å². The zero-order valence-electron chi connectivity index (χ0n) is 15.7. The van der Waals surface area contributed by atoms with Crippen LogP contribution in [0.2, 0.25) is 10.0 Å². The summed E-state index contributed by atoms with van der Waals surface area (Å²) in [5.41, 5.74) is 4.18. The van der Waals surface area contributed by atoms with Gasteiger partial charge in [-0.05, 0) is 42.0 Å². The molecule has 0 atom stereocenters. The first-order valence-electron chi connectivity index (χ1n) is 8.53. The zero-order valence-corrected chi connectivity index (χ0v) is 17.2. The van der Waals surface area contributed by atoms with Crippen LogP contribution in [0.3, 0.4) is 0 Å². The number of carbonyl (C=O) groups is 1. The van der Waals surface area contributed by atoms with Gasteiger partial charge in [-0.25, -0.2) is 5.43 Å². The van der Waals surface area contributed by atoms with E-state index in [2.05, 4.69) is 15.6 Å². The standard InChI is InChI=1S/C20H18Cl2N4O3/c1-28-16-5-6-19(29-2)14(9-16)11-23-24-20(27)18-7-8-26(25-18)12-13-3-4-15(21)10-17(13)22/h3-11H,12H2,1-2H3,(H,24,27)/b23-11+. The fraction of sp³-hybridized carbons (Fsp3) is 0.150. The zero-order chi connectivity index (χ0) is 20.8. The second kappa shape index (κ2) is 9.45. The first kappa shape index (κ1) is 20.7. The monoisotopic (exact) mass is 432 g/mol. The van der Waals surface area contributed by atoms with Crippen LogP contribution < -0.4 is 14.9 Å². The van der Waals surface area contributed by atoms with Gasteiger partial charge in [0, 0.05) is 21.8 Å². The molecule has 0 saturated heterocycles. The fourth-order valence-electron chi connectivity index (χ4n) is 2.55. The molecule has 0 aliphatic carbocycles. The highest BCUT2D eigenvalue weighted by molar-refractivity contribution is 6.35. The molecule has 1 amide bonds. The molecule has 0 spiro atoms. The Morgan fingerprint density at radius 1 is 1.17 bits per heavy atom. The molecule has 0 aliphatic heterocycles. The van der Waals surface area contributed by atoms with Gasteiger partial charge in [-0.2, -0.15) is 10.2 Å². The van der Waals surface area contributed by atoms with Crippen LogP contribution in [0.5, 0.6) is 11.5 Å². The molecule has 0 fully saturated rings. The highest BCUT2D eigenvalue weighted by Gasteiger charge is 2.10. The summed E-state index contributed by atoms with van der Waals surface area (Å²) in [4.78, 5) is 12.3. The number of hydrazone groups is 1. The number of carbonyl (C=O) groups excluding carboxylic acids is 1. The maximum atomic E-state index is 12.3. The van der Waals surface area contributed by atoms with Crippen molar-refractivity contribution >= 4 is 35.3 Å². The van der Waals surface area contributed by atoms with E-state index in [4.69, 9.17) is 32.7 Å².